The number of hydrogen-bond donors (Lipinski definition) is 0. The van der Waals surface area contributed by atoms with Gasteiger partial charge in [0.25, 0.3) is 0 Å². The quantitative estimate of drug-likeness (QED) is 0.669. The van der Waals surface area contributed by atoms with E-state index in [-0.39, 0.29) is 11.8 Å². The van der Waals surface area contributed by atoms with Gasteiger partial charge in [-0.25, -0.2) is 0 Å². The van der Waals surface area contributed by atoms with Crippen molar-refractivity contribution in [2.75, 3.05) is 67.5 Å². The number of likely N-dealkylation sites (N-methyl/N-ethyl adjacent to an activating group) is 2. The number of amides is 2. The first-order valence-electron chi connectivity index (χ1n) is 6.75. The minimum atomic E-state index is 0.137. The van der Waals surface area contributed by atoms with E-state index in [1.54, 1.807) is 38.0 Å². The van der Waals surface area contributed by atoms with E-state index in [9.17, 15) is 9.59 Å². The Morgan fingerprint density at radius 2 is 1.16 bits per heavy atom. The van der Waals surface area contributed by atoms with Crippen LogP contribution in [0.4, 0.5) is 0 Å². The maximum Gasteiger partial charge on any atom is 0.236 e. The van der Waals surface area contributed by atoms with Crippen molar-refractivity contribution in [1.82, 2.24) is 19.6 Å². The first kappa shape index (κ1) is 15.9. The molecule has 1 fully saturated rings. The van der Waals surface area contributed by atoms with Gasteiger partial charge in [-0.05, 0) is 19.5 Å². The summed E-state index contributed by atoms with van der Waals surface area (Å²) in [6.45, 7) is 4.49. The third-order valence-corrected chi connectivity index (χ3v) is 3.40. The van der Waals surface area contributed by atoms with E-state index in [1.807, 2.05) is 0 Å². The molecule has 0 saturated carbocycles. The molecule has 1 heterocycles. The van der Waals surface area contributed by atoms with Crippen molar-refractivity contribution in [1.29, 1.82) is 0 Å². The Morgan fingerprint density at radius 3 is 1.47 bits per heavy atom. The van der Waals surface area contributed by atoms with Gasteiger partial charge in [0.2, 0.25) is 11.8 Å². The highest BCUT2D eigenvalue weighted by Crippen LogP contribution is 2.03. The Balaban J connectivity index is 2.39. The van der Waals surface area contributed by atoms with Gasteiger partial charge >= 0.3 is 0 Å². The Hall–Kier alpha value is -1.14. The molecule has 0 bridgehead atoms. The van der Waals surface area contributed by atoms with Crippen molar-refractivity contribution < 1.29 is 9.59 Å². The van der Waals surface area contributed by atoms with Crippen LogP contribution in [0.1, 0.15) is 6.42 Å². The molecule has 0 radical (unpaired) electrons. The molecule has 6 heteroatoms. The predicted octanol–water partition coefficient (Wildman–Crippen LogP) is -0.829. The molecular formula is C13H26N4O2. The molecule has 0 unspecified atom stereocenters. The highest BCUT2D eigenvalue weighted by molar-refractivity contribution is 5.78. The lowest BCUT2D eigenvalue weighted by atomic mass is 10.3. The zero-order valence-electron chi connectivity index (χ0n) is 12.6. The Bertz CT molecular complexity index is 288. The second-order valence-electron chi connectivity index (χ2n) is 5.48. The molecule has 0 aliphatic carbocycles. The maximum absolute atomic E-state index is 11.7. The zero-order valence-corrected chi connectivity index (χ0v) is 12.6. The Labute approximate surface area is 115 Å². The highest BCUT2D eigenvalue weighted by Gasteiger charge is 2.19. The second-order valence-corrected chi connectivity index (χ2v) is 5.48. The van der Waals surface area contributed by atoms with Crippen LogP contribution in [-0.4, -0.2) is 98.9 Å². The van der Waals surface area contributed by atoms with Crippen molar-refractivity contribution >= 4 is 11.8 Å². The molecule has 0 atom stereocenters. The molecule has 19 heavy (non-hydrogen) atoms. The average molecular weight is 270 g/mol. The Kier molecular flexibility index (Phi) is 6.24. The van der Waals surface area contributed by atoms with Crippen LogP contribution in [0.2, 0.25) is 0 Å². The van der Waals surface area contributed by atoms with Crippen LogP contribution >= 0.6 is 0 Å². The minimum absolute atomic E-state index is 0.137. The van der Waals surface area contributed by atoms with Gasteiger partial charge in [-0.15, -0.1) is 0 Å². The van der Waals surface area contributed by atoms with Crippen LogP contribution < -0.4 is 0 Å². The SMILES string of the molecule is CN(C)C(=O)CN1CCCN(CC(=O)N(C)C)CC1. The van der Waals surface area contributed by atoms with Crippen LogP contribution in [0.5, 0.6) is 0 Å². The van der Waals surface area contributed by atoms with E-state index < -0.39 is 0 Å². The van der Waals surface area contributed by atoms with E-state index in [2.05, 4.69) is 9.80 Å². The van der Waals surface area contributed by atoms with Gasteiger partial charge in [-0.3, -0.25) is 19.4 Å². The number of carbonyl (C=O) groups is 2. The first-order valence-corrected chi connectivity index (χ1v) is 6.75. The molecule has 0 aromatic carbocycles. The Morgan fingerprint density at radius 1 is 0.789 bits per heavy atom. The van der Waals surface area contributed by atoms with Crippen LogP contribution in [0, 0.1) is 0 Å². The van der Waals surface area contributed by atoms with Crippen molar-refractivity contribution in [3.05, 3.63) is 0 Å². The summed E-state index contributed by atoms with van der Waals surface area (Å²) in [5.41, 5.74) is 0. The fourth-order valence-corrected chi connectivity index (χ4v) is 2.01. The fourth-order valence-electron chi connectivity index (χ4n) is 2.01. The summed E-state index contributed by atoms with van der Waals surface area (Å²) in [6.07, 6.45) is 1.00. The van der Waals surface area contributed by atoms with Crippen molar-refractivity contribution in [2.24, 2.45) is 0 Å². The van der Waals surface area contributed by atoms with E-state index >= 15 is 0 Å². The molecule has 0 aromatic rings. The minimum Gasteiger partial charge on any atom is -0.348 e. The fraction of sp³-hybridized carbons (Fsp3) is 0.846. The molecule has 1 aliphatic heterocycles. The molecule has 1 aliphatic rings. The number of hydrogen-bond acceptors (Lipinski definition) is 4. The molecule has 2 amide bonds. The average Bonchev–Trinajstić information content (AvgIpc) is 2.54. The maximum atomic E-state index is 11.7. The third-order valence-electron chi connectivity index (χ3n) is 3.40. The molecule has 110 valence electrons. The molecule has 1 rings (SSSR count). The zero-order chi connectivity index (χ0) is 14.4. The molecule has 0 N–H and O–H groups in total. The highest BCUT2D eigenvalue weighted by atomic mass is 16.2. The van der Waals surface area contributed by atoms with E-state index in [0.29, 0.717) is 13.1 Å². The summed E-state index contributed by atoms with van der Waals surface area (Å²) in [6, 6.07) is 0. The van der Waals surface area contributed by atoms with Crippen molar-refractivity contribution in [2.45, 2.75) is 6.42 Å². The smallest absolute Gasteiger partial charge is 0.236 e. The lowest BCUT2D eigenvalue weighted by molar-refractivity contribution is -0.131. The number of rotatable bonds is 4. The first-order chi connectivity index (χ1) is 8.90. The molecule has 0 spiro atoms. The van der Waals surface area contributed by atoms with Crippen LogP contribution in [0.3, 0.4) is 0 Å². The predicted molar refractivity (Wildman–Crippen MR) is 74.9 cm³/mol. The van der Waals surface area contributed by atoms with Gasteiger partial charge in [0.05, 0.1) is 13.1 Å². The second kappa shape index (κ2) is 7.45. The molecule has 1 saturated heterocycles. The largest absolute Gasteiger partial charge is 0.348 e. The summed E-state index contributed by atoms with van der Waals surface area (Å²) in [7, 11) is 7.12. The van der Waals surface area contributed by atoms with E-state index in [0.717, 1.165) is 32.6 Å². The number of nitrogens with zero attached hydrogens (tertiary/aromatic N) is 4. The van der Waals surface area contributed by atoms with E-state index in [1.165, 1.54) is 0 Å². The summed E-state index contributed by atoms with van der Waals surface area (Å²) in [5.74, 6) is 0.274. The van der Waals surface area contributed by atoms with Crippen molar-refractivity contribution in [3.8, 4) is 0 Å². The molecular weight excluding hydrogens is 244 g/mol. The standard InChI is InChI=1S/C13H26N4O2/c1-14(2)12(18)10-16-6-5-7-17(9-8-16)11-13(19)15(3)4/h5-11H2,1-4H3. The molecule has 0 aromatic heterocycles. The number of carbonyl (C=O) groups excluding carboxylic acids is 2. The normalized spacial score (nSPS) is 17.9. The monoisotopic (exact) mass is 270 g/mol. The van der Waals surface area contributed by atoms with Crippen LogP contribution in [-0.2, 0) is 9.59 Å². The van der Waals surface area contributed by atoms with Crippen LogP contribution in [0.15, 0.2) is 0 Å². The summed E-state index contributed by atoms with van der Waals surface area (Å²) < 4.78 is 0. The van der Waals surface area contributed by atoms with Gasteiger partial charge in [0.1, 0.15) is 0 Å². The van der Waals surface area contributed by atoms with Gasteiger partial charge < -0.3 is 9.80 Å². The summed E-state index contributed by atoms with van der Waals surface area (Å²) in [5, 5.41) is 0. The lowest BCUT2D eigenvalue weighted by Crippen LogP contribution is -2.40. The van der Waals surface area contributed by atoms with Crippen LogP contribution in [0.25, 0.3) is 0 Å². The molecule has 6 nitrogen and oxygen atoms in total. The summed E-state index contributed by atoms with van der Waals surface area (Å²) in [4.78, 5) is 30.9. The van der Waals surface area contributed by atoms with Gasteiger partial charge in [-0.2, -0.15) is 0 Å². The van der Waals surface area contributed by atoms with Gasteiger partial charge in [-0.1, -0.05) is 0 Å². The lowest BCUT2D eigenvalue weighted by Gasteiger charge is -2.23. The third kappa shape index (κ3) is 5.57. The topological polar surface area (TPSA) is 47.1 Å². The van der Waals surface area contributed by atoms with Crippen molar-refractivity contribution in [3.63, 3.8) is 0 Å². The summed E-state index contributed by atoms with van der Waals surface area (Å²) >= 11 is 0. The van der Waals surface area contributed by atoms with Gasteiger partial charge in [0.15, 0.2) is 0 Å². The van der Waals surface area contributed by atoms with Gasteiger partial charge in [0, 0.05) is 41.3 Å². The van der Waals surface area contributed by atoms with E-state index in [4.69, 9.17) is 0 Å².